The molecule has 1 aromatic rings. The Morgan fingerprint density at radius 3 is 2.33 bits per heavy atom. The van der Waals surface area contributed by atoms with Gasteiger partial charge in [-0.2, -0.15) is 0 Å². The first-order valence-corrected chi connectivity index (χ1v) is 4.44. The second-order valence-electron chi connectivity index (χ2n) is 4.16. The van der Waals surface area contributed by atoms with E-state index in [4.69, 9.17) is 0 Å². The summed E-state index contributed by atoms with van der Waals surface area (Å²) in [6, 6.07) is 8.69. The largest absolute Gasteiger partial charge is 0.129 e. The summed E-state index contributed by atoms with van der Waals surface area (Å²) in [4.78, 5) is 0. The van der Waals surface area contributed by atoms with Gasteiger partial charge in [0.25, 0.3) is 0 Å². The third-order valence-corrected chi connectivity index (χ3v) is 2.09. The first-order chi connectivity index (χ1) is 5.54. The van der Waals surface area contributed by atoms with Gasteiger partial charge in [-0.1, -0.05) is 20.8 Å². The van der Waals surface area contributed by atoms with Crippen LogP contribution < -0.4 is 0 Å². The molecule has 0 aliphatic heterocycles. The highest BCUT2D eigenvalue weighted by Gasteiger charge is 2.16. The fraction of sp³-hybridized carbons (Fsp3) is 0.417. The van der Waals surface area contributed by atoms with Crippen LogP contribution in [0, 0.1) is 6.42 Å². The molecule has 0 heteroatoms. The molecule has 1 rings (SSSR count). The SMILES string of the molecule is C[CH+]c1cccc(C(C)(C)C)c1. The maximum absolute atomic E-state index is 2.25. The molecule has 0 fully saturated rings. The van der Waals surface area contributed by atoms with Crippen molar-refractivity contribution in [2.24, 2.45) is 0 Å². The zero-order chi connectivity index (χ0) is 9.19. The number of hydrogen-bond donors (Lipinski definition) is 0. The van der Waals surface area contributed by atoms with Crippen molar-refractivity contribution in [1.29, 1.82) is 0 Å². The van der Waals surface area contributed by atoms with Crippen LogP contribution in [0.15, 0.2) is 24.3 Å². The van der Waals surface area contributed by atoms with E-state index < -0.39 is 0 Å². The molecule has 0 unspecified atom stereocenters. The van der Waals surface area contributed by atoms with E-state index in [2.05, 4.69) is 58.4 Å². The minimum absolute atomic E-state index is 0.263. The molecule has 64 valence electrons. The smallest absolute Gasteiger partial charge is 0.0549 e. The minimum atomic E-state index is 0.263. The molecule has 0 nitrogen and oxygen atoms in total. The Bertz CT molecular complexity index is 253. The second-order valence-corrected chi connectivity index (χ2v) is 4.16. The van der Waals surface area contributed by atoms with Crippen LogP contribution in [0.2, 0.25) is 0 Å². The average Bonchev–Trinajstić information content (AvgIpc) is 2.03. The number of hydrogen-bond acceptors (Lipinski definition) is 0. The van der Waals surface area contributed by atoms with E-state index in [1.165, 1.54) is 11.1 Å². The van der Waals surface area contributed by atoms with Gasteiger partial charge in [-0.15, -0.1) is 0 Å². The number of benzene rings is 1. The maximum Gasteiger partial charge on any atom is 0.129 e. The molecule has 0 bridgehead atoms. The van der Waals surface area contributed by atoms with Crippen LogP contribution in [-0.4, -0.2) is 0 Å². The molecule has 0 saturated heterocycles. The predicted octanol–water partition coefficient (Wildman–Crippen LogP) is 3.56. The van der Waals surface area contributed by atoms with E-state index >= 15 is 0 Å². The van der Waals surface area contributed by atoms with Crippen molar-refractivity contribution in [2.75, 3.05) is 0 Å². The van der Waals surface area contributed by atoms with Crippen LogP contribution in [0.3, 0.4) is 0 Å². The first kappa shape index (κ1) is 9.18. The maximum atomic E-state index is 2.25. The Labute approximate surface area is 75.6 Å². The molecule has 0 heterocycles. The van der Waals surface area contributed by atoms with Gasteiger partial charge >= 0.3 is 0 Å². The molecule has 0 radical (unpaired) electrons. The lowest BCUT2D eigenvalue weighted by Crippen LogP contribution is -2.10. The molecule has 0 aromatic heterocycles. The molecule has 0 N–H and O–H groups in total. The van der Waals surface area contributed by atoms with E-state index in [1.807, 2.05) is 0 Å². The molecule has 0 saturated carbocycles. The Hall–Kier alpha value is -0.910. The fourth-order valence-electron chi connectivity index (χ4n) is 1.18. The molecule has 0 amide bonds. The Morgan fingerprint density at radius 2 is 1.83 bits per heavy atom. The van der Waals surface area contributed by atoms with E-state index in [0.717, 1.165) is 0 Å². The fourth-order valence-corrected chi connectivity index (χ4v) is 1.18. The van der Waals surface area contributed by atoms with Crippen molar-refractivity contribution in [3.63, 3.8) is 0 Å². The highest BCUT2D eigenvalue weighted by atomic mass is 14.2. The first-order valence-electron chi connectivity index (χ1n) is 4.44. The van der Waals surface area contributed by atoms with Gasteiger partial charge in [0.05, 0.1) is 0 Å². The monoisotopic (exact) mass is 161 g/mol. The third kappa shape index (κ3) is 2.04. The summed E-state index contributed by atoms with van der Waals surface area (Å²) in [6.07, 6.45) is 2.13. The number of rotatable bonds is 1. The van der Waals surface area contributed by atoms with Crippen molar-refractivity contribution in [1.82, 2.24) is 0 Å². The van der Waals surface area contributed by atoms with Gasteiger partial charge in [0.2, 0.25) is 0 Å². The van der Waals surface area contributed by atoms with Crippen LogP contribution in [0.25, 0.3) is 0 Å². The highest BCUT2D eigenvalue weighted by molar-refractivity contribution is 5.31. The minimum Gasteiger partial charge on any atom is -0.0549 e. The summed E-state index contributed by atoms with van der Waals surface area (Å²) in [5.41, 5.74) is 2.97. The van der Waals surface area contributed by atoms with E-state index in [1.54, 1.807) is 0 Å². The van der Waals surface area contributed by atoms with Crippen LogP contribution in [0.5, 0.6) is 0 Å². The second kappa shape index (κ2) is 3.22. The van der Waals surface area contributed by atoms with Crippen molar-refractivity contribution in [2.45, 2.75) is 33.1 Å². The lowest BCUT2D eigenvalue weighted by Gasteiger charge is -2.16. The molecule has 0 atom stereocenters. The molecule has 0 aliphatic rings. The van der Waals surface area contributed by atoms with Crippen molar-refractivity contribution < 1.29 is 0 Å². The summed E-state index contributed by atoms with van der Waals surface area (Å²) in [5, 5.41) is 0. The van der Waals surface area contributed by atoms with Crippen molar-refractivity contribution in [3.8, 4) is 0 Å². The standard InChI is InChI=1S/C12H17/c1-5-10-7-6-8-11(9-10)12(2,3)4/h5-9H,1-4H3/q+1. The van der Waals surface area contributed by atoms with Gasteiger partial charge in [-0.3, -0.25) is 0 Å². The Kier molecular flexibility index (Phi) is 2.46. The lowest BCUT2D eigenvalue weighted by molar-refractivity contribution is 0.590. The van der Waals surface area contributed by atoms with Gasteiger partial charge in [0, 0.05) is 31.0 Å². The van der Waals surface area contributed by atoms with Crippen LogP contribution >= 0.6 is 0 Å². The van der Waals surface area contributed by atoms with Gasteiger partial charge in [-0.25, -0.2) is 0 Å². The topological polar surface area (TPSA) is 0 Å². The zero-order valence-corrected chi connectivity index (χ0v) is 8.39. The normalized spacial score (nSPS) is 11.3. The van der Waals surface area contributed by atoms with E-state index in [9.17, 15) is 0 Å². The quantitative estimate of drug-likeness (QED) is 0.552. The molecular weight excluding hydrogens is 144 g/mol. The summed E-state index contributed by atoms with van der Waals surface area (Å²) in [5.74, 6) is 0. The van der Waals surface area contributed by atoms with E-state index in [0.29, 0.717) is 0 Å². The third-order valence-electron chi connectivity index (χ3n) is 2.09. The van der Waals surface area contributed by atoms with Crippen LogP contribution in [0.4, 0.5) is 0 Å². The molecule has 0 aliphatic carbocycles. The molecule has 1 aromatic carbocycles. The van der Waals surface area contributed by atoms with Gasteiger partial charge in [-0.05, 0) is 17.5 Å². The lowest BCUT2D eigenvalue weighted by atomic mass is 9.86. The van der Waals surface area contributed by atoms with Gasteiger partial charge < -0.3 is 0 Å². The highest BCUT2D eigenvalue weighted by Crippen LogP contribution is 2.22. The predicted molar refractivity (Wildman–Crippen MR) is 54.2 cm³/mol. The molecular formula is C12H17+. The molecule has 12 heavy (non-hydrogen) atoms. The zero-order valence-electron chi connectivity index (χ0n) is 8.39. The van der Waals surface area contributed by atoms with Crippen LogP contribution in [0.1, 0.15) is 38.8 Å². The van der Waals surface area contributed by atoms with Crippen molar-refractivity contribution >= 4 is 0 Å². The van der Waals surface area contributed by atoms with Gasteiger partial charge in [0.15, 0.2) is 0 Å². The average molecular weight is 161 g/mol. The Balaban J connectivity index is 3.02. The van der Waals surface area contributed by atoms with Crippen LogP contribution in [-0.2, 0) is 5.41 Å². The van der Waals surface area contributed by atoms with Crippen molar-refractivity contribution in [3.05, 3.63) is 41.8 Å². The van der Waals surface area contributed by atoms with E-state index in [-0.39, 0.29) is 5.41 Å². The summed E-state index contributed by atoms with van der Waals surface area (Å²) in [6.45, 7) is 8.78. The van der Waals surface area contributed by atoms with Gasteiger partial charge in [0.1, 0.15) is 5.56 Å². The molecule has 0 spiro atoms. The summed E-state index contributed by atoms with van der Waals surface area (Å²) in [7, 11) is 0. The Morgan fingerprint density at radius 1 is 1.17 bits per heavy atom. The summed E-state index contributed by atoms with van der Waals surface area (Å²) < 4.78 is 0. The summed E-state index contributed by atoms with van der Waals surface area (Å²) >= 11 is 0.